The Kier molecular flexibility index (Phi) is 3.41. The van der Waals surface area contributed by atoms with Crippen LogP contribution in [0.5, 0.6) is 0 Å². The Labute approximate surface area is 98.3 Å². The molecule has 17 heavy (non-hydrogen) atoms. The van der Waals surface area contributed by atoms with Crippen LogP contribution in [0.3, 0.4) is 0 Å². The fourth-order valence-corrected chi connectivity index (χ4v) is 1.79. The second-order valence-corrected chi connectivity index (χ2v) is 4.32. The summed E-state index contributed by atoms with van der Waals surface area (Å²) in [6, 6.07) is 0. The van der Waals surface area contributed by atoms with Crippen molar-refractivity contribution in [3.8, 4) is 0 Å². The van der Waals surface area contributed by atoms with Gasteiger partial charge in [0.1, 0.15) is 0 Å². The van der Waals surface area contributed by atoms with E-state index in [-0.39, 0.29) is 11.1 Å². The monoisotopic (exact) mass is 240 g/mol. The first-order valence-corrected chi connectivity index (χ1v) is 5.54. The van der Waals surface area contributed by atoms with Gasteiger partial charge in [-0.3, -0.25) is 4.79 Å². The van der Waals surface area contributed by atoms with E-state index in [0.717, 1.165) is 13.1 Å². The van der Waals surface area contributed by atoms with Crippen LogP contribution < -0.4 is 10.6 Å². The summed E-state index contributed by atoms with van der Waals surface area (Å²) in [5.74, 6) is -0.0506. The number of hydrogen-bond donors (Lipinski definition) is 2. The van der Waals surface area contributed by atoms with Crippen molar-refractivity contribution in [2.75, 3.05) is 19.6 Å². The molecule has 1 amide bonds. The number of allylic oxidation sites excluding steroid dienone is 1. The van der Waals surface area contributed by atoms with Gasteiger partial charge in [-0.25, -0.2) is 8.78 Å². The highest BCUT2D eigenvalue weighted by atomic mass is 19.3. The standard InChI is InChI=1S/C12H14F2N2O/c1-7-2-9(11(13)14)10(3-7)12(17)16-6-8-4-15-5-8/h2,8,11,15H,4-6H2,1H3,(H,16,17). The Morgan fingerprint density at radius 3 is 2.88 bits per heavy atom. The largest absolute Gasteiger partial charge is 0.351 e. The normalized spacial score (nSPS) is 19.6. The number of alkyl halides is 2. The molecule has 92 valence electrons. The number of rotatable bonds is 4. The minimum Gasteiger partial charge on any atom is -0.351 e. The molecule has 0 unspecified atom stereocenters. The molecule has 1 aliphatic heterocycles. The number of carbonyl (C=O) groups is 1. The maximum Gasteiger partial charge on any atom is 0.265 e. The maximum atomic E-state index is 12.7. The lowest BCUT2D eigenvalue weighted by atomic mass is 10.0. The molecule has 0 bridgehead atoms. The molecule has 0 spiro atoms. The van der Waals surface area contributed by atoms with Crippen molar-refractivity contribution in [3.05, 3.63) is 28.5 Å². The number of halogens is 2. The van der Waals surface area contributed by atoms with E-state index in [1.807, 2.05) is 0 Å². The molecule has 3 nitrogen and oxygen atoms in total. The maximum absolute atomic E-state index is 12.7. The van der Waals surface area contributed by atoms with Crippen molar-refractivity contribution >= 4 is 5.91 Å². The van der Waals surface area contributed by atoms with Gasteiger partial charge in [-0.1, -0.05) is 0 Å². The molecule has 0 radical (unpaired) electrons. The lowest BCUT2D eigenvalue weighted by molar-refractivity contribution is -0.117. The molecule has 2 aliphatic rings. The molecular weight excluding hydrogens is 226 g/mol. The summed E-state index contributed by atoms with van der Waals surface area (Å²) < 4.78 is 25.3. The Morgan fingerprint density at radius 2 is 2.35 bits per heavy atom. The number of amides is 1. The number of nitrogens with one attached hydrogen (secondary N) is 2. The van der Waals surface area contributed by atoms with E-state index >= 15 is 0 Å². The van der Waals surface area contributed by atoms with E-state index in [9.17, 15) is 13.6 Å². The third kappa shape index (κ3) is 2.62. The average Bonchev–Trinajstić information content (AvgIpc) is 2.58. The van der Waals surface area contributed by atoms with Crippen molar-refractivity contribution in [1.29, 1.82) is 0 Å². The average molecular weight is 240 g/mol. The van der Waals surface area contributed by atoms with E-state index in [2.05, 4.69) is 16.4 Å². The second-order valence-electron chi connectivity index (χ2n) is 4.32. The van der Waals surface area contributed by atoms with E-state index in [1.54, 1.807) is 6.92 Å². The first kappa shape index (κ1) is 12.0. The van der Waals surface area contributed by atoms with E-state index in [0.29, 0.717) is 18.0 Å². The zero-order valence-electron chi connectivity index (χ0n) is 9.52. The van der Waals surface area contributed by atoms with E-state index in [4.69, 9.17) is 0 Å². The fourth-order valence-electron chi connectivity index (χ4n) is 1.79. The Hall–Kier alpha value is -1.45. The van der Waals surface area contributed by atoms with Crippen LogP contribution in [0.4, 0.5) is 8.78 Å². The van der Waals surface area contributed by atoms with Gasteiger partial charge in [-0.2, -0.15) is 0 Å². The van der Waals surface area contributed by atoms with Crippen LogP contribution in [0.2, 0.25) is 0 Å². The minimum atomic E-state index is -2.63. The SMILES string of the molecule is CC1=C=C(C(=O)NCC2CNC2)C(C(F)F)=C1. The Balaban J connectivity index is 1.98. The molecule has 2 N–H and O–H groups in total. The molecule has 0 atom stereocenters. The van der Waals surface area contributed by atoms with Crippen molar-refractivity contribution in [3.63, 3.8) is 0 Å². The smallest absolute Gasteiger partial charge is 0.265 e. The highest BCUT2D eigenvalue weighted by Crippen LogP contribution is 2.24. The summed E-state index contributed by atoms with van der Waals surface area (Å²) in [5, 5.41) is 5.75. The molecule has 2 rings (SSSR count). The molecule has 5 heteroatoms. The van der Waals surface area contributed by atoms with Gasteiger partial charge in [0.2, 0.25) is 0 Å². The first-order valence-electron chi connectivity index (χ1n) is 5.54. The van der Waals surface area contributed by atoms with Crippen LogP contribution in [0, 0.1) is 5.92 Å². The molecule has 1 saturated heterocycles. The summed E-state index contributed by atoms with van der Waals surface area (Å²) in [7, 11) is 0. The van der Waals surface area contributed by atoms with Crippen LogP contribution in [-0.2, 0) is 4.79 Å². The molecule has 0 saturated carbocycles. The highest BCUT2D eigenvalue weighted by molar-refractivity contribution is 5.98. The van der Waals surface area contributed by atoms with Crippen LogP contribution in [-0.4, -0.2) is 32.0 Å². The van der Waals surface area contributed by atoms with Gasteiger partial charge in [0.15, 0.2) is 0 Å². The zero-order chi connectivity index (χ0) is 12.4. The van der Waals surface area contributed by atoms with Crippen LogP contribution in [0.15, 0.2) is 28.5 Å². The van der Waals surface area contributed by atoms with Gasteiger partial charge >= 0.3 is 0 Å². The van der Waals surface area contributed by atoms with Crippen LogP contribution in [0.25, 0.3) is 0 Å². The third-order valence-corrected chi connectivity index (χ3v) is 2.86. The second kappa shape index (κ2) is 4.82. The number of carbonyl (C=O) groups excluding carboxylic acids is 1. The Bertz CT molecular complexity index is 430. The lowest BCUT2D eigenvalue weighted by Crippen LogP contribution is -2.48. The minimum absolute atomic E-state index is 0.0233. The lowest BCUT2D eigenvalue weighted by Gasteiger charge is -2.27. The predicted octanol–water partition coefficient (Wildman–Crippen LogP) is 0.999. The number of hydrogen-bond acceptors (Lipinski definition) is 2. The van der Waals surface area contributed by atoms with Crippen molar-refractivity contribution in [2.45, 2.75) is 13.3 Å². The predicted molar refractivity (Wildman–Crippen MR) is 59.7 cm³/mol. The first-order chi connectivity index (χ1) is 8.08. The van der Waals surface area contributed by atoms with Gasteiger partial charge in [-0.15, -0.1) is 5.73 Å². The van der Waals surface area contributed by atoms with Crippen molar-refractivity contribution < 1.29 is 13.6 Å². The van der Waals surface area contributed by atoms with Gasteiger partial charge in [-0.05, 0) is 18.6 Å². The van der Waals surface area contributed by atoms with Crippen molar-refractivity contribution in [2.24, 2.45) is 5.92 Å². The van der Waals surface area contributed by atoms with Crippen LogP contribution >= 0.6 is 0 Å². The topological polar surface area (TPSA) is 41.1 Å². The summed E-state index contributed by atoms with van der Waals surface area (Å²) in [4.78, 5) is 11.7. The van der Waals surface area contributed by atoms with E-state index < -0.39 is 12.3 Å². The highest BCUT2D eigenvalue weighted by Gasteiger charge is 2.26. The van der Waals surface area contributed by atoms with Gasteiger partial charge in [0, 0.05) is 31.1 Å². The summed E-state index contributed by atoms with van der Waals surface area (Å²) in [5.41, 5.74) is 2.99. The molecule has 0 aromatic rings. The summed E-state index contributed by atoms with van der Waals surface area (Å²) in [6.07, 6.45) is -1.32. The zero-order valence-corrected chi connectivity index (χ0v) is 9.52. The summed E-state index contributed by atoms with van der Waals surface area (Å²) in [6.45, 7) is 3.91. The fraction of sp³-hybridized carbons (Fsp3) is 0.500. The summed E-state index contributed by atoms with van der Waals surface area (Å²) >= 11 is 0. The van der Waals surface area contributed by atoms with Crippen molar-refractivity contribution in [1.82, 2.24) is 10.6 Å². The van der Waals surface area contributed by atoms with Crippen LogP contribution in [0.1, 0.15) is 6.92 Å². The Morgan fingerprint density at radius 1 is 1.65 bits per heavy atom. The molecule has 0 aromatic heterocycles. The quantitative estimate of drug-likeness (QED) is 0.720. The molecule has 0 aromatic carbocycles. The van der Waals surface area contributed by atoms with E-state index in [1.165, 1.54) is 6.08 Å². The van der Waals surface area contributed by atoms with Gasteiger partial charge in [0.05, 0.1) is 5.57 Å². The van der Waals surface area contributed by atoms with Gasteiger partial charge < -0.3 is 10.6 Å². The molecule has 1 aliphatic carbocycles. The molecule has 1 heterocycles. The van der Waals surface area contributed by atoms with Gasteiger partial charge in [0.25, 0.3) is 12.3 Å². The molecule has 1 fully saturated rings. The third-order valence-electron chi connectivity index (χ3n) is 2.86. The molecular formula is C12H14F2N2O.